The van der Waals surface area contributed by atoms with E-state index in [9.17, 15) is 4.79 Å². The van der Waals surface area contributed by atoms with Gasteiger partial charge in [-0.25, -0.2) is 0 Å². The molecular formula is C14H17N3O2S. The number of methoxy groups -OCH3 is 1. The summed E-state index contributed by atoms with van der Waals surface area (Å²) < 4.78 is 9.01. The lowest BCUT2D eigenvalue weighted by Crippen LogP contribution is -2.40. The Morgan fingerprint density at radius 3 is 2.45 bits per heavy atom. The summed E-state index contributed by atoms with van der Waals surface area (Å²) in [6.07, 6.45) is 0. The predicted octanol–water partition coefficient (Wildman–Crippen LogP) is 2.74. The lowest BCUT2D eigenvalue weighted by Gasteiger charge is -2.19. The van der Waals surface area contributed by atoms with E-state index in [0.717, 1.165) is 22.8 Å². The van der Waals surface area contributed by atoms with Gasteiger partial charge in [-0.3, -0.25) is 4.79 Å². The van der Waals surface area contributed by atoms with Crippen molar-refractivity contribution >= 4 is 17.4 Å². The molecule has 0 saturated carbocycles. The molecule has 0 fully saturated rings. The molecule has 0 aliphatic heterocycles. The number of ether oxygens (including phenoxy) is 1. The molecule has 6 heteroatoms. The summed E-state index contributed by atoms with van der Waals surface area (Å²) in [6, 6.07) is 7.40. The molecule has 20 heavy (non-hydrogen) atoms. The summed E-state index contributed by atoms with van der Waals surface area (Å²) in [5.41, 5.74) is 1.15. The van der Waals surface area contributed by atoms with Crippen LogP contribution >= 0.6 is 11.5 Å². The largest absolute Gasteiger partial charge is 0.497 e. The van der Waals surface area contributed by atoms with Gasteiger partial charge in [0.05, 0.1) is 7.11 Å². The van der Waals surface area contributed by atoms with E-state index >= 15 is 0 Å². The highest BCUT2D eigenvalue weighted by Gasteiger charge is 2.21. The molecule has 0 bridgehead atoms. The number of amides is 1. The minimum Gasteiger partial charge on any atom is -0.497 e. The minimum absolute atomic E-state index is 0.154. The second kappa shape index (κ2) is 5.58. The van der Waals surface area contributed by atoms with Gasteiger partial charge in [0.1, 0.15) is 16.3 Å². The van der Waals surface area contributed by atoms with Crippen LogP contribution in [-0.2, 0) is 0 Å². The van der Waals surface area contributed by atoms with Gasteiger partial charge in [0, 0.05) is 11.1 Å². The number of benzene rings is 1. The first kappa shape index (κ1) is 14.5. The first-order valence-corrected chi connectivity index (χ1v) is 6.97. The SMILES string of the molecule is COc1ccc(-c2nnsc2C(=O)NC(C)(C)C)cc1. The number of hydrogen-bond acceptors (Lipinski definition) is 5. The summed E-state index contributed by atoms with van der Waals surface area (Å²) in [5.74, 6) is 0.607. The van der Waals surface area contributed by atoms with Crippen LogP contribution in [-0.4, -0.2) is 28.1 Å². The molecule has 1 heterocycles. The van der Waals surface area contributed by atoms with Crippen LogP contribution in [0.1, 0.15) is 30.4 Å². The van der Waals surface area contributed by atoms with Crippen LogP contribution < -0.4 is 10.1 Å². The molecule has 0 saturated heterocycles. The average Bonchev–Trinajstić information content (AvgIpc) is 2.86. The number of nitrogens with zero attached hydrogens (tertiary/aromatic N) is 2. The van der Waals surface area contributed by atoms with Crippen molar-refractivity contribution in [3.8, 4) is 17.0 Å². The number of hydrogen-bond donors (Lipinski definition) is 1. The predicted molar refractivity (Wildman–Crippen MR) is 79.1 cm³/mol. The van der Waals surface area contributed by atoms with Gasteiger partial charge in [-0.15, -0.1) is 5.10 Å². The Bertz CT molecular complexity index is 600. The molecule has 2 aromatic rings. The van der Waals surface area contributed by atoms with E-state index in [1.54, 1.807) is 7.11 Å². The molecule has 0 unspecified atom stereocenters. The maximum Gasteiger partial charge on any atom is 0.265 e. The topological polar surface area (TPSA) is 64.1 Å². The highest BCUT2D eigenvalue weighted by Crippen LogP contribution is 2.26. The van der Waals surface area contributed by atoms with Crippen molar-refractivity contribution < 1.29 is 9.53 Å². The second-order valence-corrected chi connectivity index (χ2v) is 6.14. The number of carbonyl (C=O) groups is 1. The standard InChI is InChI=1S/C14H17N3O2S/c1-14(2,3)15-13(18)12-11(16-17-20-12)9-5-7-10(19-4)8-6-9/h5-8H,1-4H3,(H,15,18). The molecule has 0 radical (unpaired) electrons. The minimum atomic E-state index is -0.293. The maximum atomic E-state index is 12.2. The third kappa shape index (κ3) is 3.33. The van der Waals surface area contributed by atoms with Crippen LogP contribution in [0.5, 0.6) is 5.75 Å². The second-order valence-electron chi connectivity index (χ2n) is 5.38. The quantitative estimate of drug-likeness (QED) is 0.944. The Morgan fingerprint density at radius 1 is 1.25 bits per heavy atom. The van der Waals surface area contributed by atoms with Gasteiger partial charge in [0.25, 0.3) is 5.91 Å². The van der Waals surface area contributed by atoms with Crippen molar-refractivity contribution in [2.24, 2.45) is 0 Å². The zero-order chi connectivity index (χ0) is 14.8. The van der Waals surface area contributed by atoms with Crippen molar-refractivity contribution in [3.63, 3.8) is 0 Å². The van der Waals surface area contributed by atoms with E-state index in [0.29, 0.717) is 10.6 Å². The molecule has 1 amide bonds. The Labute approximate surface area is 122 Å². The van der Waals surface area contributed by atoms with E-state index in [2.05, 4.69) is 14.9 Å². The van der Waals surface area contributed by atoms with Crippen molar-refractivity contribution in [2.45, 2.75) is 26.3 Å². The Hall–Kier alpha value is -1.95. The number of rotatable bonds is 3. The molecule has 0 aliphatic carbocycles. The molecule has 0 spiro atoms. The van der Waals surface area contributed by atoms with Crippen LogP contribution in [0, 0.1) is 0 Å². The fourth-order valence-corrected chi connectivity index (χ4v) is 2.26. The van der Waals surface area contributed by atoms with Gasteiger partial charge < -0.3 is 10.1 Å². The summed E-state index contributed by atoms with van der Waals surface area (Å²) in [4.78, 5) is 12.8. The van der Waals surface area contributed by atoms with Crippen LogP contribution in [0.3, 0.4) is 0 Å². The zero-order valence-electron chi connectivity index (χ0n) is 11.9. The third-order valence-corrected chi connectivity index (χ3v) is 3.27. The van der Waals surface area contributed by atoms with Crippen LogP contribution in [0.15, 0.2) is 24.3 Å². The smallest absolute Gasteiger partial charge is 0.265 e. The maximum absolute atomic E-state index is 12.2. The number of nitrogens with one attached hydrogen (secondary N) is 1. The number of carbonyl (C=O) groups excluding carboxylic acids is 1. The fraction of sp³-hybridized carbons (Fsp3) is 0.357. The zero-order valence-corrected chi connectivity index (χ0v) is 12.7. The average molecular weight is 291 g/mol. The first-order chi connectivity index (χ1) is 9.40. The Kier molecular flexibility index (Phi) is 4.04. The summed E-state index contributed by atoms with van der Waals surface area (Å²) >= 11 is 1.10. The van der Waals surface area contributed by atoms with Gasteiger partial charge >= 0.3 is 0 Å². The Morgan fingerprint density at radius 2 is 1.90 bits per heavy atom. The van der Waals surface area contributed by atoms with Crippen LogP contribution in [0.4, 0.5) is 0 Å². The van der Waals surface area contributed by atoms with Crippen molar-refractivity contribution in [1.82, 2.24) is 14.9 Å². The van der Waals surface area contributed by atoms with E-state index in [4.69, 9.17) is 4.74 Å². The fourth-order valence-electron chi connectivity index (χ4n) is 1.67. The van der Waals surface area contributed by atoms with Gasteiger partial charge in [-0.05, 0) is 56.6 Å². The highest BCUT2D eigenvalue weighted by atomic mass is 32.1. The Balaban J connectivity index is 2.30. The lowest BCUT2D eigenvalue weighted by molar-refractivity contribution is 0.0924. The molecule has 2 rings (SSSR count). The van der Waals surface area contributed by atoms with Crippen molar-refractivity contribution in [2.75, 3.05) is 7.11 Å². The molecule has 0 atom stereocenters. The van der Waals surface area contributed by atoms with E-state index in [-0.39, 0.29) is 11.4 Å². The van der Waals surface area contributed by atoms with Gasteiger partial charge in [-0.1, -0.05) is 4.49 Å². The van der Waals surface area contributed by atoms with E-state index in [1.807, 2.05) is 45.0 Å². The first-order valence-electron chi connectivity index (χ1n) is 6.20. The molecule has 1 N–H and O–H groups in total. The highest BCUT2D eigenvalue weighted by molar-refractivity contribution is 7.08. The third-order valence-electron chi connectivity index (χ3n) is 2.55. The van der Waals surface area contributed by atoms with E-state index < -0.39 is 0 Å². The summed E-state index contributed by atoms with van der Waals surface area (Å²) in [5, 5.41) is 6.98. The number of aromatic nitrogens is 2. The van der Waals surface area contributed by atoms with Gasteiger partial charge in [-0.2, -0.15) is 0 Å². The molecule has 0 aliphatic rings. The van der Waals surface area contributed by atoms with E-state index in [1.165, 1.54) is 0 Å². The molecule has 5 nitrogen and oxygen atoms in total. The monoisotopic (exact) mass is 291 g/mol. The van der Waals surface area contributed by atoms with Crippen LogP contribution in [0.25, 0.3) is 11.3 Å². The lowest BCUT2D eigenvalue weighted by atomic mass is 10.1. The normalized spacial score (nSPS) is 11.2. The summed E-state index contributed by atoms with van der Waals surface area (Å²) in [7, 11) is 1.61. The molecule has 1 aromatic heterocycles. The van der Waals surface area contributed by atoms with Crippen molar-refractivity contribution in [1.29, 1.82) is 0 Å². The molecule has 1 aromatic carbocycles. The van der Waals surface area contributed by atoms with Crippen molar-refractivity contribution in [3.05, 3.63) is 29.1 Å². The van der Waals surface area contributed by atoms with Gasteiger partial charge in [0.15, 0.2) is 0 Å². The summed E-state index contributed by atoms with van der Waals surface area (Å²) in [6.45, 7) is 5.81. The molecule has 106 valence electrons. The van der Waals surface area contributed by atoms with Crippen LogP contribution in [0.2, 0.25) is 0 Å². The molecular weight excluding hydrogens is 274 g/mol. The van der Waals surface area contributed by atoms with Gasteiger partial charge in [0.2, 0.25) is 0 Å².